The van der Waals surface area contributed by atoms with E-state index in [4.69, 9.17) is 0 Å². The predicted octanol–water partition coefficient (Wildman–Crippen LogP) is 3.71. The van der Waals surface area contributed by atoms with Gasteiger partial charge in [-0.25, -0.2) is 0 Å². The normalized spacial score (nSPS) is 10.7. The smallest absolute Gasteiger partial charge is 0.305 e. The minimum Gasteiger partial charge on any atom is -0.469 e. The average molecular weight is 364 g/mol. The quantitative estimate of drug-likeness (QED) is 0.601. The summed E-state index contributed by atoms with van der Waals surface area (Å²) in [6.45, 7) is 1.22. The number of carbonyl (C=O) groups is 2. The number of rotatable bonds is 7. The summed E-state index contributed by atoms with van der Waals surface area (Å²) < 4.78 is 6.76. The minimum atomic E-state index is -0.254. The average Bonchev–Trinajstić information content (AvgIpc) is 3.06. The molecule has 5 nitrogen and oxygen atoms in total. The van der Waals surface area contributed by atoms with Gasteiger partial charge in [0.25, 0.3) is 5.91 Å². The molecule has 0 aliphatic rings. The molecule has 0 N–H and O–H groups in total. The maximum absolute atomic E-state index is 13.0. The highest BCUT2D eigenvalue weighted by Crippen LogP contribution is 2.23. The highest BCUT2D eigenvalue weighted by atomic mass is 16.5. The molecule has 0 unspecified atom stereocenters. The van der Waals surface area contributed by atoms with Crippen LogP contribution in [0, 0.1) is 0 Å². The van der Waals surface area contributed by atoms with Crippen molar-refractivity contribution in [2.75, 3.05) is 20.7 Å². The molecule has 140 valence electrons. The fourth-order valence-corrected chi connectivity index (χ4v) is 3.20. The van der Waals surface area contributed by atoms with Crippen LogP contribution >= 0.6 is 0 Å². The Labute approximate surface area is 159 Å². The lowest BCUT2D eigenvalue weighted by Gasteiger charge is -2.16. The Balaban J connectivity index is 1.81. The summed E-state index contributed by atoms with van der Waals surface area (Å²) in [6.07, 6.45) is 2.82. The lowest BCUT2D eigenvalue weighted by Crippen LogP contribution is -2.28. The number of esters is 1. The van der Waals surface area contributed by atoms with Crippen LogP contribution in [0.5, 0.6) is 0 Å². The largest absolute Gasteiger partial charge is 0.469 e. The van der Waals surface area contributed by atoms with Gasteiger partial charge in [0.2, 0.25) is 0 Å². The maximum atomic E-state index is 13.0. The van der Waals surface area contributed by atoms with Gasteiger partial charge in [-0.1, -0.05) is 48.5 Å². The molecular formula is C22H24N2O3. The Morgan fingerprint density at radius 2 is 1.74 bits per heavy atom. The first-order valence-electron chi connectivity index (χ1n) is 9.04. The zero-order valence-corrected chi connectivity index (χ0v) is 15.7. The highest BCUT2D eigenvalue weighted by Gasteiger charge is 2.18. The summed E-state index contributed by atoms with van der Waals surface area (Å²) in [6, 6.07) is 18.1. The third-order valence-corrected chi connectivity index (χ3v) is 4.66. The lowest BCUT2D eigenvalue weighted by atomic mass is 10.1. The maximum Gasteiger partial charge on any atom is 0.305 e. The molecule has 2 aromatic carbocycles. The minimum absolute atomic E-state index is 0.0390. The van der Waals surface area contributed by atoms with Crippen molar-refractivity contribution in [2.24, 2.45) is 0 Å². The van der Waals surface area contributed by atoms with Gasteiger partial charge in [0.15, 0.2) is 0 Å². The van der Waals surface area contributed by atoms with Gasteiger partial charge >= 0.3 is 5.97 Å². The van der Waals surface area contributed by atoms with Gasteiger partial charge in [-0.2, -0.15) is 0 Å². The van der Waals surface area contributed by atoms with Crippen LogP contribution in [0.15, 0.2) is 60.8 Å². The van der Waals surface area contributed by atoms with Crippen LogP contribution in [-0.2, 0) is 16.1 Å². The molecule has 1 aromatic heterocycles. The Bertz CT molecular complexity index is 931. The predicted molar refractivity (Wildman–Crippen MR) is 106 cm³/mol. The fourth-order valence-electron chi connectivity index (χ4n) is 3.20. The van der Waals surface area contributed by atoms with Crippen LogP contribution < -0.4 is 0 Å². The van der Waals surface area contributed by atoms with Gasteiger partial charge in [0.05, 0.1) is 12.7 Å². The van der Waals surface area contributed by atoms with Crippen LogP contribution in [0.1, 0.15) is 28.8 Å². The Hall–Kier alpha value is -3.08. The number of nitrogens with zero attached hydrogens (tertiary/aromatic N) is 2. The SMILES string of the molecule is COC(=O)CCCN(C)C(=O)c1cn(Cc2ccccc2)c2ccccc12. The number of fused-ring (bicyclic) bond motifs is 1. The molecule has 0 spiro atoms. The molecule has 27 heavy (non-hydrogen) atoms. The van der Waals surface area contributed by atoms with Gasteiger partial charge in [-0.15, -0.1) is 0 Å². The molecule has 0 atom stereocenters. The summed E-state index contributed by atoms with van der Waals surface area (Å²) in [7, 11) is 3.14. The van der Waals surface area contributed by atoms with E-state index in [1.807, 2.05) is 48.7 Å². The second kappa shape index (κ2) is 8.54. The molecule has 0 aliphatic heterocycles. The molecule has 1 amide bonds. The van der Waals surface area contributed by atoms with E-state index in [2.05, 4.69) is 21.4 Å². The molecule has 0 bridgehead atoms. The molecule has 0 radical (unpaired) electrons. The van der Waals surface area contributed by atoms with Crippen LogP contribution in [0.4, 0.5) is 0 Å². The van der Waals surface area contributed by atoms with E-state index in [-0.39, 0.29) is 11.9 Å². The standard InChI is InChI=1S/C22H24N2O3/c1-23(14-8-13-21(25)27-2)22(26)19-16-24(15-17-9-4-3-5-10-17)20-12-7-6-11-18(19)20/h3-7,9-12,16H,8,13-15H2,1-2H3. The zero-order valence-electron chi connectivity index (χ0n) is 15.7. The second-order valence-electron chi connectivity index (χ2n) is 6.58. The van der Waals surface area contributed by atoms with Crippen molar-refractivity contribution >= 4 is 22.8 Å². The molecule has 0 saturated carbocycles. The van der Waals surface area contributed by atoms with Gasteiger partial charge in [-0.05, 0) is 18.1 Å². The van der Waals surface area contributed by atoms with Crippen molar-refractivity contribution in [2.45, 2.75) is 19.4 Å². The van der Waals surface area contributed by atoms with Crippen molar-refractivity contribution in [3.8, 4) is 0 Å². The zero-order chi connectivity index (χ0) is 19.2. The first-order chi connectivity index (χ1) is 13.1. The number of aromatic nitrogens is 1. The summed E-state index contributed by atoms with van der Waals surface area (Å²) in [5, 5.41) is 0.943. The molecular weight excluding hydrogens is 340 g/mol. The molecule has 1 heterocycles. The van der Waals surface area contributed by atoms with Crippen LogP contribution in [-0.4, -0.2) is 42.0 Å². The van der Waals surface area contributed by atoms with Crippen molar-refractivity contribution in [3.05, 3.63) is 71.9 Å². The number of hydrogen-bond acceptors (Lipinski definition) is 3. The summed E-state index contributed by atoms with van der Waals surface area (Å²) >= 11 is 0. The third kappa shape index (κ3) is 4.37. The van der Waals surface area contributed by atoms with Gasteiger partial charge < -0.3 is 14.2 Å². The Kier molecular flexibility index (Phi) is 5.91. The summed E-state index contributed by atoms with van der Waals surface area (Å²) in [4.78, 5) is 25.9. The number of para-hydroxylation sites is 1. The van der Waals surface area contributed by atoms with E-state index in [0.717, 1.165) is 10.9 Å². The third-order valence-electron chi connectivity index (χ3n) is 4.66. The van der Waals surface area contributed by atoms with Crippen molar-refractivity contribution < 1.29 is 14.3 Å². The highest BCUT2D eigenvalue weighted by molar-refractivity contribution is 6.06. The molecule has 0 aliphatic carbocycles. The second-order valence-corrected chi connectivity index (χ2v) is 6.58. The van der Waals surface area contributed by atoms with Gasteiger partial charge in [0, 0.05) is 43.7 Å². The molecule has 0 saturated heterocycles. The number of hydrogen-bond donors (Lipinski definition) is 0. The van der Waals surface area contributed by atoms with Gasteiger partial charge in [0.1, 0.15) is 0 Å². The Morgan fingerprint density at radius 3 is 2.48 bits per heavy atom. The summed E-state index contributed by atoms with van der Waals surface area (Å²) in [5.74, 6) is -0.293. The van der Waals surface area contributed by atoms with Crippen LogP contribution in [0.2, 0.25) is 0 Å². The van der Waals surface area contributed by atoms with Gasteiger partial charge in [-0.3, -0.25) is 9.59 Å². The van der Waals surface area contributed by atoms with Crippen LogP contribution in [0.25, 0.3) is 10.9 Å². The fraction of sp³-hybridized carbons (Fsp3) is 0.273. The first-order valence-corrected chi connectivity index (χ1v) is 9.04. The monoisotopic (exact) mass is 364 g/mol. The summed E-state index contributed by atoms with van der Waals surface area (Å²) in [5.41, 5.74) is 2.90. The molecule has 3 rings (SSSR count). The van der Waals surface area contributed by atoms with E-state index < -0.39 is 0 Å². The number of ether oxygens (including phenoxy) is 1. The van der Waals surface area contributed by atoms with Crippen molar-refractivity contribution in [1.29, 1.82) is 0 Å². The van der Waals surface area contributed by atoms with E-state index >= 15 is 0 Å². The van der Waals surface area contributed by atoms with Crippen molar-refractivity contribution in [1.82, 2.24) is 9.47 Å². The van der Waals surface area contributed by atoms with E-state index in [1.54, 1.807) is 11.9 Å². The van der Waals surface area contributed by atoms with E-state index in [0.29, 0.717) is 31.5 Å². The number of methoxy groups -OCH3 is 1. The number of carbonyl (C=O) groups excluding carboxylic acids is 2. The van der Waals surface area contributed by atoms with E-state index in [1.165, 1.54) is 12.7 Å². The lowest BCUT2D eigenvalue weighted by molar-refractivity contribution is -0.140. The number of amides is 1. The topological polar surface area (TPSA) is 51.5 Å². The first kappa shape index (κ1) is 18.7. The molecule has 0 fully saturated rings. The van der Waals surface area contributed by atoms with E-state index in [9.17, 15) is 9.59 Å². The molecule has 5 heteroatoms. The number of benzene rings is 2. The Morgan fingerprint density at radius 1 is 1.04 bits per heavy atom. The van der Waals surface area contributed by atoms with Crippen molar-refractivity contribution in [3.63, 3.8) is 0 Å². The molecule has 3 aromatic rings. The van der Waals surface area contributed by atoms with Crippen LogP contribution in [0.3, 0.4) is 0 Å².